The number of amides is 2. The highest BCUT2D eigenvalue weighted by atomic mass is 16.2. The minimum atomic E-state index is -0.158. The summed E-state index contributed by atoms with van der Waals surface area (Å²) in [5.41, 5.74) is 3.24. The second kappa shape index (κ2) is 7.22. The molecular formula is C18H18N2O2. The van der Waals surface area contributed by atoms with Gasteiger partial charge in [0.15, 0.2) is 0 Å². The Morgan fingerprint density at radius 2 is 1.55 bits per heavy atom. The maximum Gasteiger partial charge on any atom is 0.221 e. The summed E-state index contributed by atoms with van der Waals surface area (Å²) in [6.45, 7) is 2.90. The lowest BCUT2D eigenvalue weighted by atomic mass is 10.1. The minimum absolute atomic E-state index is 0.152. The summed E-state index contributed by atoms with van der Waals surface area (Å²) >= 11 is 0. The Morgan fingerprint density at radius 3 is 2.18 bits per heavy atom. The van der Waals surface area contributed by atoms with E-state index in [0.717, 1.165) is 11.1 Å². The zero-order valence-electron chi connectivity index (χ0n) is 12.6. The van der Waals surface area contributed by atoms with E-state index in [1.165, 1.54) is 13.8 Å². The Balaban J connectivity index is 2.30. The van der Waals surface area contributed by atoms with E-state index in [4.69, 9.17) is 0 Å². The summed E-state index contributed by atoms with van der Waals surface area (Å²) in [4.78, 5) is 22.5. The van der Waals surface area contributed by atoms with Crippen molar-refractivity contribution in [1.82, 2.24) is 0 Å². The van der Waals surface area contributed by atoms with Crippen LogP contribution in [0.4, 0.5) is 11.4 Å². The highest BCUT2D eigenvalue weighted by Gasteiger charge is 2.04. The van der Waals surface area contributed by atoms with Crippen LogP contribution in [0.15, 0.2) is 48.5 Å². The molecule has 2 N–H and O–H groups in total. The van der Waals surface area contributed by atoms with Gasteiger partial charge >= 0.3 is 0 Å². The molecule has 0 spiro atoms. The number of nitrogens with one attached hydrogen (secondary N) is 2. The number of carbonyl (C=O) groups is 2. The number of rotatable bonds is 4. The van der Waals surface area contributed by atoms with E-state index in [1.54, 1.807) is 12.1 Å². The molecule has 112 valence electrons. The van der Waals surface area contributed by atoms with Crippen LogP contribution in [-0.2, 0) is 9.59 Å². The molecule has 0 atom stereocenters. The van der Waals surface area contributed by atoms with E-state index in [2.05, 4.69) is 10.6 Å². The van der Waals surface area contributed by atoms with Gasteiger partial charge in [-0.3, -0.25) is 9.59 Å². The van der Waals surface area contributed by atoms with Crippen molar-refractivity contribution < 1.29 is 9.59 Å². The SMILES string of the molecule is CC(=O)Nc1ccc(/C=C/c2ccccc2)c(NC(C)=O)c1. The first-order chi connectivity index (χ1) is 10.5. The molecular weight excluding hydrogens is 276 g/mol. The summed E-state index contributed by atoms with van der Waals surface area (Å²) in [6, 6.07) is 15.3. The molecule has 22 heavy (non-hydrogen) atoms. The molecule has 0 aromatic heterocycles. The fourth-order valence-electron chi connectivity index (χ4n) is 2.03. The Hall–Kier alpha value is -2.88. The van der Waals surface area contributed by atoms with Gasteiger partial charge in [-0.1, -0.05) is 48.6 Å². The summed E-state index contributed by atoms with van der Waals surface area (Å²) in [5, 5.41) is 5.49. The van der Waals surface area contributed by atoms with Crippen molar-refractivity contribution in [2.75, 3.05) is 10.6 Å². The predicted octanol–water partition coefficient (Wildman–Crippen LogP) is 3.77. The fraction of sp³-hybridized carbons (Fsp3) is 0.111. The van der Waals surface area contributed by atoms with E-state index >= 15 is 0 Å². The van der Waals surface area contributed by atoms with Crippen molar-refractivity contribution in [3.05, 3.63) is 59.7 Å². The second-order valence-electron chi connectivity index (χ2n) is 4.91. The fourth-order valence-corrected chi connectivity index (χ4v) is 2.03. The van der Waals surface area contributed by atoms with Gasteiger partial charge in [0.25, 0.3) is 0 Å². The maximum atomic E-state index is 11.4. The Morgan fingerprint density at radius 1 is 0.864 bits per heavy atom. The molecule has 2 aromatic rings. The summed E-state index contributed by atoms with van der Waals surface area (Å²) in [6.07, 6.45) is 3.90. The molecule has 0 bridgehead atoms. The lowest BCUT2D eigenvalue weighted by Gasteiger charge is -2.10. The molecule has 0 aliphatic heterocycles. The number of hydrogen-bond acceptors (Lipinski definition) is 2. The maximum absolute atomic E-state index is 11.4. The first kappa shape index (κ1) is 15.5. The van der Waals surface area contributed by atoms with Crippen molar-refractivity contribution in [2.24, 2.45) is 0 Å². The van der Waals surface area contributed by atoms with Crippen LogP contribution in [0.5, 0.6) is 0 Å². The van der Waals surface area contributed by atoms with Crippen molar-refractivity contribution in [1.29, 1.82) is 0 Å². The third kappa shape index (κ3) is 4.59. The average molecular weight is 294 g/mol. The van der Waals surface area contributed by atoms with E-state index in [1.807, 2.05) is 48.6 Å². The summed E-state index contributed by atoms with van der Waals surface area (Å²) in [7, 11) is 0. The zero-order chi connectivity index (χ0) is 15.9. The second-order valence-corrected chi connectivity index (χ2v) is 4.91. The third-order valence-corrected chi connectivity index (χ3v) is 2.94. The van der Waals surface area contributed by atoms with Gasteiger partial charge in [0, 0.05) is 19.5 Å². The zero-order valence-corrected chi connectivity index (χ0v) is 12.6. The molecule has 2 amide bonds. The van der Waals surface area contributed by atoms with Gasteiger partial charge < -0.3 is 10.6 Å². The number of anilines is 2. The van der Waals surface area contributed by atoms with Gasteiger partial charge in [-0.2, -0.15) is 0 Å². The van der Waals surface area contributed by atoms with Crippen LogP contribution < -0.4 is 10.6 Å². The van der Waals surface area contributed by atoms with Gasteiger partial charge in [-0.25, -0.2) is 0 Å². The van der Waals surface area contributed by atoms with Crippen LogP contribution in [0.25, 0.3) is 12.2 Å². The molecule has 2 aromatic carbocycles. The highest BCUT2D eigenvalue weighted by molar-refractivity contribution is 5.95. The lowest BCUT2D eigenvalue weighted by Crippen LogP contribution is -2.09. The van der Waals surface area contributed by atoms with Crippen molar-refractivity contribution in [3.8, 4) is 0 Å². The highest BCUT2D eigenvalue weighted by Crippen LogP contribution is 2.23. The van der Waals surface area contributed by atoms with E-state index in [9.17, 15) is 9.59 Å². The van der Waals surface area contributed by atoms with Crippen LogP contribution in [0.2, 0.25) is 0 Å². The Kier molecular flexibility index (Phi) is 5.09. The first-order valence-corrected chi connectivity index (χ1v) is 6.97. The van der Waals surface area contributed by atoms with Gasteiger partial charge in [-0.05, 0) is 23.3 Å². The molecule has 0 saturated heterocycles. The van der Waals surface area contributed by atoms with Gasteiger partial charge in [0.1, 0.15) is 0 Å². The molecule has 0 saturated carbocycles. The molecule has 0 heterocycles. The molecule has 0 aliphatic carbocycles. The van der Waals surface area contributed by atoms with Crippen molar-refractivity contribution in [3.63, 3.8) is 0 Å². The smallest absolute Gasteiger partial charge is 0.221 e. The van der Waals surface area contributed by atoms with Gasteiger partial charge in [0.05, 0.1) is 5.69 Å². The predicted molar refractivity (Wildman–Crippen MR) is 90.4 cm³/mol. The molecule has 4 heteroatoms. The van der Waals surface area contributed by atoms with Crippen LogP contribution in [-0.4, -0.2) is 11.8 Å². The van der Waals surface area contributed by atoms with Gasteiger partial charge in [-0.15, -0.1) is 0 Å². The number of benzene rings is 2. The molecule has 0 radical (unpaired) electrons. The van der Waals surface area contributed by atoms with E-state index in [-0.39, 0.29) is 11.8 Å². The molecule has 0 aliphatic rings. The normalized spacial score (nSPS) is 10.5. The molecule has 4 nitrogen and oxygen atoms in total. The summed E-state index contributed by atoms with van der Waals surface area (Å²) < 4.78 is 0. The largest absolute Gasteiger partial charge is 0.326 e. The average Bonchev–Trinajstić information content (AvgIpc) is 2.46. The van der Waals surface area contributed by atoms with Gasteiger partial charge in [0.2, 0.25) is 11.8 Å². The Bertz CT molecular complexity index is 706. The quantitative estimate of drug-likeness (QED) is 0.843. The van der Waals surface area contributed by atoms with Crippen molar-refractivity contribution in [2.45, 2.75) is 13.8 Å². The monoisotopic (exact) mass is 294 g/mol. The molecule has 2 rings (SSSR count). The first-order valence-electron chi connectivity index (χ1n) is 6.97. The van der Waals surface area contributed by atoms with Crippen LogP contribution >= 0.6 is 0 Å². The number of hydrogen-bond donors (Lipinski definition) is 2. The number of carbonyl (C=O) groups excluding carboxylic acids is 2. The molecule has 0 unspecified atom stereocenters. The van der Waals surface area contributed by atoms with E-state index in [0.29, 0.717) is 11.4 Å². The van der Waals surface area contributed by atoms with E-state index < -0.39 is 0 Å². The van der Waals surface area contributed by atoms with Crippen molar-refractivity contribution >= 4 is 35.3 Å². The standard InChI is InChI=1S/C18H18N2O2/c1-13(21)19-17-11-10-16(18(12-17)20-14(2)22)9-8-15-6-4-3-5-7-15/h3-12H,1-2H3,(H,19,21)(H,20,22)/b9-8+. The topological polar surface area (TPSA) is 58.2 Å². The minimum Gasteiger partial charge on any atom is -0.326 e. The Labute approximate surface area is 129 Å². The van der Waals surface area contributed by atoms with Crippen LogP contribution in [0.1, 0.15) is 25.0 Å². The third-order valence-electron chi connectivity index (χ3n) is 2.94. The van der Waals surface area contributed by atoms with Crippen LogP contribution in [0, 0.1) is 0 Å². The summed E-state index contributed by atoms with van der Waals surface area (Å²) in [5.74, 6) is -0.310. The molecule has 0 fully saturated rings. The lowest BCUT2D eigenvalue weighted by molar-refractivity contribution is -0.115. The van der Waals surface area contributed by atoms with Crippen LogP contribution in [0.3, 0.4) is 0 Å².